The summed E-state index contributed by atoms with van der Waals surface area (Å²) in [7, 11) is 0. The number of rotatable bonds is 6. The Kier molecular flexibility index (Phi) is 5.67. The van der Waals surface area contributed by atoms with Crippen LogP contribution in [0.3, 0.4) is 0 Å². The van der Waals surface area contributed by atoms with Crippen LogP contribution in [0.25, 0.3) is 0 Å². The first kappa shape index (κ1) is 20.2. The van der Waals surface area contributed by atoms with Gasteiger partial charge in [-0.3, -0.25) is 0 Å². The van der Waals surface area contributed by atoms with Crippen LogP contribution in [0.5, 0.6) is 23.0 Å². The summed E-state index contributed by atoms with van der Waals surface area (Å²) >= 11 is 0. The first-order valence-electron chi connectivity index (χ1n) is 9.97. The van der Waals surface area contributed by atoms with Gasteiger partial charge in [-0.1, -0.05) is 30.3 Å². The molecule has 0 atom stereocenters. The maximum absolute atomic E-state index is 9.60. The molecule has 0 bridgehead atoms. The highest BCUT2D eigenvalue weighted by Gasteiger charge is 2.14. The molecule has 0 saturated carbocycles. The van der Waals surface area contributed by atoms with Crippen molar-refractivity contribution in [1.29, 1.82) is 0 Å². The van der Waals surface area contributed by atoms with Gasteiger partial charge in [-0.15, -0.1) is 0 Å². The molecular weight excluding hydrogens is 388 g/mol. The van der Waals surface area contributed by atoms with Crippen molar-refractivity contribution in [3.8, 4) is 23.0 Å². The number of phenols is 2. The molecule has 6 N–H and O–H groups in total. The second-order valence-corrected chi connectivity index (χ2v) is 7.47. The van der Waals surface area contributed by atoms with Gasteiger partial charge in [0.25, 0.3) is 0 Å². The van der Waals surface area contributed by atoms with Crippen LogP contribution in [0.4, 0.5) is 11.4 Å². The topological polar surface area (TPSA) is 102 Å². The van der Waals surface area contributed by atoms with Crippen LogP contribution in [0.15, 0.2) is 84.9 Å². The third-order valence-corrected chi connectivity index (χ3v) is 5.16. The minimum absolute atomic E-state index is 0.219. The van der Waals surface area contributed by atoms with Crippen LogP contribution in [0.2, 0.25) is 0 Å². The SMILES string of the molecule is Nc1ccc(Oc2ccc(Cc3ccc(O)cc3)c(N)c2Cc2ccc(O)cc2)cc1. The number of aromatic hydroxyl groups is 2. The quantitative estimate of drug-likeness (QED) is 0.325. The third-order valence-electron chi connectivity index (χ3n) is 5.16. The Morgan fingerprint density at radius 1 is 0.613 bits per heavy atom. The Bertz CT molecular complexity index is 1170. The molecule has 0 saturated heterocycles. The molecule has 0 aliphatic rings. The Hall–Kier alpha value is -4.12. The lowest BCUT2D eigenvalue weighted by Gasteiger charge is -2.17. The highest BCUT2D eigenvalue weighted by molar-refractivity contribution is 5.63. The summed E-state index contributed by atoms with van der Waals surface area (Å²) in [6.45, 7) is 0. The predicted octanol–water partition coefficient (Wildman–Crippen LogP) is 5.24. The molecule has 0 spiro atoms. The molecule has 4 rings (SSSR count). The van der Waals surface area contributed by atoms with Crippen LogP contribution in [0.1, 0.15) is 22.3 Å². The molecule has 0 amide bonds. The van der Waals surface area contributed by atoms with Gasteiger partial charge >= 0.3 is 0 Å². The van der Waals surface area contributed by atoms with E-state index in [1.54, 1.807) is 36.4 Å². The van der Waals surface area contributed by atoms with Crippen molar-refractivity contribution in [2.45, 2.75) is 12.8 Å². The lowest BCUT2D eigenvalue weighted by Crippen LogP contribution is -2.04. The van der Waals surface area contributed by atoms with Gasteiger partial charge in [-0.05, 0) is 77.7 Å². The monoisotopic (exact) mass is 412 g/mol. The minimum Gasteiger partial charge on any atom is -0.508 e. The summed E-state index contributed by atoms with van der Waals surface area (Å²) in [4.78, 5) is 0. The predicted molar refractivity (Wildman–Crippen MR) is 124 cm³/mol. The molecule has 156 valence electrons. The molecule has 0 fully saturated rings. The highest BCUT2D eigenvalue weighted by atomic mass is 16.5. The molecule has 0 aliphatic carbocycles. The van der Waals surface area contributed by atoms with Crippen molar-refractivity contribution in [1.82, 2.24) is 0 Å². The van der Waals surface area contributed by atoms with Crippen molar-refractivity contribution in [2.75, 3.05) is 11.5 Å². The standard InChI is InChI=1S/C26H24N2O3/c27-20-6-12-23(13-7-20)31-25-14-5-19(15-17-1-8-21(29)9-2-17)26(28)24(25)16-18-3-10-22(30)11-4-18/h1-14,29-30H,15-16,27-28H2. The van der Waals surface area contributed by atoms with Gasteiger partial charge in [0.1, 0.15) is 23.0 Å². The van der Waals surface area contributed by atoms with E-state index in [2.05, 4.69) is 0 Å². The van der Waals surface area contributed by atoms with Crippen LogP contribution in [-0.4, -0.2) is 10.2 Å². The zero-order chi connectivity index (χ0) is 21.8. The average molecular weight is 412 g/mol. The zero-order valence-electron chi connectivity index (χ0n) is 17.0. The van der Waals surface area contributed by atoms with E-state index >= 15 is 0 Å². The maximum atomic E-state index is 9.60. The second kappa shape index (κ2) is 8.71. The van der Waals surface area contributed by atoms with E-state index in [1.807, 2.05) is 48.5 Å². The first-order chi connectivity index (χ1) is 15.0. The van der Waals surface area contributed by atoms with Crippen LogP contribution in [0, 0.1) is 0 Å². The summed E-state index contributed by atoms with van der Waals surface area (Å²) in [5, 5.41) is 19.1. The van der Waals surface area contributed by atoms with Crippen molar-refractivity contribution >= 4 is 11.4 Å². The van der Waals surface area contributed by atoms with Crippen LogP contribution < -0.4 is 16.2 Å². The number of nitrogen functional groups attached to an aromatic ring is 2. The van der Waals surface area contributed by atoms with Gasteiger partial charge in [-0.2, -0.15) is 0 Å². The van der Waals surface area contributed by atoms with Crippen molar-refractivity contribution in [3.63, 3.8) is 0 Å². The number of hydrogen-bond donors (Lipinski definition) is 4. The molecular formula is C26H24N2O3. The van der Waals surface area contributed by atoms with Gasteiger partial charge in [0, 0.05) is 23.4 Å². The Balaban J connectivity index is 1.70. The van der Waals surface area contributed by atoms with Gasteiger partial charge in [0.2, 0.25) is 0 Å². The average Bonchev–Trinajstić information content (AvgIpc) is 2.77. The maximum Gasteiger partial charge on any atom is 0.133 e. The molecule has 5 nitrogen and oxygen atoms in total. The summed E-state index contributed by atoms with van der Waals surface area (Å²) in [6.07, 6.45) is 1.19. The number of anilines is 2. The number of benzene rings is 4. The highest BCUT2D eigenvalue weighted by Crippen LogP contribution is 2.35. The van der Waals surface area contributed by atoms with E-state index < -0.39 is 0 Å². The van der Waals surface area contributed by atoms with Gasteiger partial charge in [-0.25, -0.2) is 0 Å². The number of nitrogens with two attached hydrogens (primary N) is 2. The second-order valence-electron chi connectivity index (χ2n) is 7.47. The molecule has 0 aliphatic heterocycles. The van der Waals surface area contributed by atoms with Crippen molar-refractivity contribution in [3.05, 3.63) is 107 Å². The Morgan fingerprint density at radius 3 is 1.74 bits per heavy atom. The number of ether oxygens (including phenoxy) is 1. The van der Waals surface area contributed by atoms with E-state index in [4.69, 9.17) is 16.2 Å². The van der Waals surface area contributed by atoms with E-state index in [0.29, 0.717) is 35.7 Å². The molecule has 0 unspecified atom stereocenters. The van der Waals surface area contributed by atoms with Crippen molar-refractivity contribution in [2.24, 2.45) is 0 Å². The minimum atomic E-state index is 0.219. The molecule has 5 heteroatoms. The molecule has 31 heavy (non-hydrogen) atoms. The van der Waals surface area contributed by atoms with Gasteiger partial charge < -0.3 is 26.4 Å². The molecule has 0 radical (unpaired) electrons. The summed E-state index contributed by atoms with van der Waals surface area (Å²) in [5.74, 6) is 1.80. The van der Waals surface area contributed by atoms with E-state index in [0.717, 1.165) is 22.3 Å². The normalized spacial score (nSPS) is 10.7. The molecule has 4 aromatic carbocycles. The summed E-state index contributed by atoms with van der Waals surface area (Å²) in [5.41, 5.74) is 17.6. The molecule has 4 aromatic rings. The molecule has 0 heterocycles. The Labute approximate surface area is 181 Å². The lowest BCUT2D eigenvalue weighted by molar-refractivity contribution is 0.474. The van der Waals surface area contributed by atoms with E-state index in [-0.39, 0.29) is 11.5 Å². The molecule has 0 aromatic heterocycles. The Morgan fingerprint density at radius 2 is 1.16 bits per heavy atom. The lowest BCUT2D eigenvalue weighted by atomic mass is 9.95. The van der Waals surface area contributed by atoms with Gasteiger partial charge in [0.05, 0.1) is 0 Å². The first-order valence-corrected chi connectivity index (χ1v) is 9.97. The van der Waals surface area contributed by atoms with Crippen molar-refractivity contribution < 1.29 is 14.9 Å². The fourth-order valence-electron chi connectivity index (χ4n) is 3.44. The van der Waals surface area contributed by atoms with Crippen LogP contribution in [-0.2, 0) is 12.8 Å². The van der Waals surface area contributed by atoms with Gasteiger partial charge in [0.15, 0.2) is 0 Å². The number of hydrogen-bond acceptors (Lipinski definition) is 5. The summed E-state index contributed by atoms with van der Waals surface area (Å²) < 4.78 is 6.14. The smallest absolute Gasteiger partial charge is 0.133 e. The van der Waals surface area contributed by atoms with E-state index in [9.17, 15) is 10.2 Å². The largest absolute Gasteiger partial charge is 0.508 e. The summed E-state index contributed by atoms with van der Waals surface area (Å²) in [6, 6.07) is 25.3. The fraction of sp³-hybridized carbons (Fsp3) is 0.0769. The third kappa shape index (κ3) is 4.90. The number of phenolic OH excluding ortho intramolecular Hbond substituents is 2. The van der Waals surface area contributed by atoms with Crippen LogP contribution >= 0.6 is 0 Å². The fourth-order valence-corrected chi connectivity index (χ4v) is 3.44. The zero-order valence-corrected chi connectivity index (χ0v) is 17.0. The van der Waals surface area contributed by atoms with E-state index in [1.165, 1.54) is 0 Å².